The number of methoxy groups -OCH3 is 1. The molecule has 0 spiro atoms. The van der Waals surface area contributed by atoms with Crippen LogP contribution in [0.5, 0.6) is 0 Å². The first kappa shape index (κ1) is 8.50. The van der Waals surface area contributed by atoms with Crippen LogP contribution in [0.2, 0.25) is 0 Å². The average Bonchev–Trinajstić information content (AvgIpc) is 2.46. The number of carbonyl (C=O) groups excluding carboxylic acids is 1. The largest absolute Gasteiger partial charge is 0.457 e. The minimum Gasteiger partial charge on any atom is -0.457 e. The first-order valence-corrected chi connectivity index (χ1v) is 4.31. The van der Waals surface area contributed by atoms with Gasteiger partial charge in [-0.15, -0.1) is 0 Å². The molecular formula is C8H12N2O3. The molecule has 2 aliphatic heterocycles. The molecule has 72 valence electrons. The Kier molecular flexibility index (Phi) is 2.18. The minimum atomic E-state index is -0.0932. The lowest BCUT2D eigenvalue weighted by molar-refractivity contribution is -0.118. The summed E-state index contributed by atoms with van der Waals surface area (Å²) in [6.07, 6.45) is 0.515. The number of carbonyl (C=O) groups is 1. The molecule has 0 N–H and O–H groups in total. The summed E-state index contributed by atoms with van der Waals surface area (Å²) in [5.74, 6) is -0.0932. The van der Waals surface area contributed by atoms with Gasteiger partial charge in [-0.25, -0.2) is 0 Å². The van der Waals surface area contributed by atoms with Crippen molar-refractivity contribution in [3.8, 4) is 0 Å². The molecule has 1 fully saturated rings. The highest BCUT2D eigenvalue weighted by atomic mass is 16.6. The molecule has 0 radical (unpaired) electrons. The van der Waals surface area contributed by atoms with E-state index in [2.05, 4.69) is 4.99 Å². The molecule has 13 heavy (non-hydrogen) atoms. The van der Waals surface area contributed by atoms with Crippen molar-refractivity contribution in [1.29, 1.82) is 0 Å². The molecule has 1 saturated heterocycles. The van der Waals surface area contributed by atoms with Crippen LogP contribution in [0.25, 0.3) is 0 Å². The summed E-state index contributed by atoms with van der Waals surface area (Å²) in [4.78, 5) is 16.7. The van der Waals surface area contributed by atoms with Crippen LogP contribution in [0.1, 0.15) is 6.42 Å². The molecule has 2 rings (SSSR count). The van der Waals surface area contributed by atoms with Gasteiger partial charge in [0.1, 0.15) is 6.10 Å². The Labute approximate surface area is 76.3 Å². The van der Waals surface area contributed by atoms with Gasteiger partial charge in [-0.3, -0.25) is 4.79 Å². The third kappa shape index (κ3) is 1.65. The predicted octanol–water partition coefficient (Wildman–Crippen LogP) is -0.380. The quantitative estimate of drug-likeness (QED) is 0.587. The van der Waals surface area contributed by atoms with Gasteiger partial charge >= 0.3 is 0 Å². The van der Waals surface area contributed by atoms with Gasteiger partial charge in [0, 0.05) is 20.1 Å². The first-order chi connectivity index (χ1) is 6.29. The third-order valence-electron chi connectivity index (χ3n) is 2.14. The predicted molar refractivity (Wildman–Crippen MR) is 45.4 cm³/mol. The van der Waals surface area contributed by atoms with E-state index in [9.17, 15) is 4.79 Å². The molecule has 1 atom stereocenters. The summed E-state index contributed by atoms with van der Waals surface area (Å²) in [6.45, 7) is 2.04. The standard InChI is InChI=1S/C8H12N2O3/c1-12-5-6-4-10-3-2-7(11)9-8(10)13-6/h6H,2-5H2,1H3. The van der Waals surface area contributed by atoms with E-state index in [0.717, 1.165) is 13.1 Å². The van der Waals surface area contributed by atoms with Crippen LogP contribution in [-0.2, 0) is 14.3 Å². The summed E-state index contributed by atoms with van der Waals surface area (Å²) in [7, 11) is 1.63. The van der Waals surface area contributed by atoms with E-state index in [1.54, 1.807) is 7.11 Å². The number of amides is 1. The Morgan fingerprint density at radius 1 is 1.77 bits per heavy atom. The molecule has 0 saturated carbocycles. The Morgan fingerprint density at radius 2 is 2.62 bits per heavy atom. The lowest BCUT2D eigenvalue weighted by atomic mass is 10.3. The van der Waals surface area contributed by atoms with E-state index in [1.165, 1.54) is 0 Å². The van der Waals surface area contributed by atoms with Gasteiger partial charge in [-0.05, 0) is 0 Å². The van der Waals surface area contributed by atoms with Crippen LogP contribution >= 0.6 is 0 Å². The van der Waals surface area contributed by atoms with Crippen molar-refractivity contribution in [1.82, 2.24) is 4.90 Å². The van der Waals surface area contributed by atoms with Gasteiger partial charge in [0.2, 0.25) is 0 Å². The summed E-state index contributed by atoms with van der Waals surface area (Å²) in [5.41, 5.74) is 0. The van der Waals surface area contributed by atoms with Gasteiger partial charge in [0.05, 0.1) is 13.2 Å². The lowest BCUT2D eigenvalue weighted by Crippen LogP contribution is -2.33. The number of ether oxygens (including phenoxy) is 2. The summed E-state index contributed by atoms with van der Waals surface area (Å²) >= 11 is 0. The molecule has 0 bridgehead atoms. The van der Waals surface area contributed by atoms with Crippen molar-refractivity contribution in [2.24, 2.45) is 4.99 Å². The van der Waals surface area contributed by atoms with Gasteiger partial charge in [-0.2, -0.15) is 4.99 Å². The molecule has 2 heterocycles. The molecule has 0 aromatic heterocycles. The number of rotatable bonds is 2. The lowest BCUT2D eigenvalue weighted by Gasteiger charge is -2.17. The van der Waals surface area contributed by atoms with Gasteiger partial charge in [0.25, 0.3) is 11.9 Å². The molecule has 5 heteroatoms. The van der Waals surface area contributed by atoms with E-state index >= 15 is 0 Å². The van der Waals surface area contributed by atoms with Crippen molar-refractivity contribution in [3.63, 3.8) is 0 Å². The highest BCUT2D eigenvalue weighted by Crippen LogP contribution is 2.15. The van der Waals surface area contributed by atoms with Gasteiger partial charge in [0.15, 0.2) is 0 Å². The van der Waals surface area contributed by atoms with Crippen molar-refractivity contribution in [2.45, 2.75) is 12.5 Å². The summed E-state index contributed by atoms with van der Waals surface area (Å²) in [6, 6.07) is 0.471. The fraction of sp³-hybridized carbons (Fsp3) is 0.750. The molecule has 1 amide bonds. The van der Waals surface area contributed by atoms with E-state index < -0.39 is 0 Å². The summed E-state index contributed by atoms with van der Waals surface area (Å²) in [5, 5.41) is 0. The van der Waals surface area contributed by atoms with Crippen LogP contribution in [0.15, 0.2) is 4.99 Å². The second-order valence-corrected chi connectivity index (χ2v) is 3.18. The van der Waals surface area contributed by atoms with Gasteiger partial charge < -0.3 is 14.4 Å². The SMILES string of the molecule is COCC1CN2CCC(=O)N=C2O1. The zero-order valence-corrected chi connectivity index (χ0v) is 7.52. The van der Waals surface area contributed by atoms with Crippen LogP contribution in [-0.4, -0.2) is 49.7 Å². The second-order valence-electron chi connectivity index (χ2n) is 3.18. The van der Waals surface area contributed by atoms with Crippen LogP contribution in [0, 0.1) is 0 Å². The molecule has 1 unspecified atom stereocenters. The van der Waals surface area contributed by atoms with E-state index in [1.807, 2.05) is 4.90 Å². The average molecular weight is 184 g/mol. The Morgan fingerprint density at radius 3 is 3.38 bits per heavy atom. The van der Waals surface area contributed by atoms with E-state index in [-0.39, 0.29) is 12.0 Å². The zero-order valence-electron chi connectivity index (χ0n) is 7.52. The number of aliphatic imine (C=N–C) groups is 1. The van der Waals surface area contributed by atoms with Crippen molar-refractivity contribution >= 4 is 11.9 Å². The second kappa shape index (κ2) is 3.33. The number of hydrogen-bond acceptors (Lipinski definition) is 4. The highest BCUT2D eigenvalue weighted by molar-refractivity contribution is 5.93. The molecule has 2 aliphatic rings. The maximum atomic E-state index is 10.9. The van der Waals surface area contributed by atoms with Gasteiger partial charge in [-0.1, -0.05) is 0 Å². The van der Waals surface area contributed by atoms with E-state index in [0.29, 0.717) is 19.0 Å². The topological polar surface area (TPSA) is 51.1 Å². The smallest absolute Gasteiger partial charge is 0.295 e. The van der Waals surface area contributed by atoms with Crippen LogP contribution < -0.4 is 0 Å². The Balaban J connectivity index is 2.03. The number of fused-ring (bicyclic) bond motifs is 1. The fourth-order valence-electron chi connectivity index (χ4n) is 1.53. The highest BCUT2D eigenvalue weighted by Gasteiger charge is 2.32. The van der Waals surface area contributed by atoms with Crippen LogP contribution in [0.4, 0.5) is 0 Å². The Bertz CT molecular complexity index is 252. The summed E-state index contributed by atoms with van der Waals surface area (Å²) < 4.78 is 10.4. The Hall–Kier alpha value is -1.10. The van der Waals surface area contributed by atoms with Crippen LogP contribution in [0.3, 0.4) is 0 Å². The molecule has 0 aliphatic carbocycles. The minimum absolute atomic E-state index is 0.0228. The number of amidine groups is 1. The van der Waals surface area contributed by atoms with E-state index in [4.69, 9.17) is 9.47 Å². The molecule has 0 aromatic rings. The fourth-order valence-corrected chi connectivity index (χ4v) is 1.53. The van der Waals surface area contributed by atoms with Crippen molar-refractivity contribution in [2.75, 3.05) is 26.8 Å². The molecule has 5 nitrogen and oxygen atoms in total. The number of hydrogen-bond donors (Lipinski definition) is 0. The number of nitrogens with zero attached hydrogens (tertiary/aromatic N) is 2. The maximum Gasteiger partial charge on any atom is 0.295 e. The maximum absolute atomic E-state index is 10.9. The monoisotopic (exact) mass is 184 g/mol. The zero-order chi connectivity index (χ0) is 9.26. The molecular weight excluding hydrogens is 172 g/mol. The third-order valence-corrected chi connectivity index (χ3v) is 2.14. The first-order valence-electron chi connectivity index (χ1n) is 4.31. The van der Waals surface area contributed by atoms with Crippen molar-refractivity contribution < 1.29 is 14.3 Å². The van der Waals surface area contributed by atoms with Crippen molar-refractivity contribution in [3.05, 3.63) is 0 Å². The molecule has 0 aromatic carbocycles. The normalized spacial score (nSPS) is 26.8.